The molecule has 0 saturated carbocycles. The number of carbonyl (C=O) groups excluding carboxylic acids is 2. The Kier molecular flexibility index (Phi) is 6.42. The Morgan fingerprint density at radius 3 is 2.59 bits per heavy atom. The number of carbonyl (C=O) groups is 2. The minimum Gasteiger partial charge on any atom is -0.452 e. The number of non-ortho nitro benzene ring substituents is 1. The predicted octanol–water partition coefficient (Wildman–Crippen LogP) is 3.89. The third kappa shape index (κ3) is 5.08. The smallest absolute Gasteiger partial charge is 0.341 e. The van der Waals surface area contributed by atoms with Crippen LogP contribution < -0.4 is 10.2 Å². The highest BCUT2D eigenvalue weighted by atomic mass is 79.9. The Hall–Kier alpha value is -3.01. The highest BCUT2D eigenvalue weighted by Crippen LogP contribution is 2.29. The number of hydrogen-bond donors (Lipinski definition) is 1. The maximum absolute atomic E-state index is 13.8. The van der Waals surface area contributed by atoms with Gasteiger partial charge in [-0.05, 0) is 37.1 Å². The fourth-order valence-electron chi connectivity index (χ4n) is 3.02. The third-order valence-corrected chi connectivity index (χ3v) is 4.89. The lowest BCUT2D eigenvalue weighted by molar-refractivity contribution is -0.384. The van der Waals surface area contributed by atoms with E-state index in [2.05, 4.69) is 21.2 Å². The van der Waals surface area contributed by atoms with Crippen LogP contribution in [0, 0.1) is 15.9 Å². The number of rotatable bonds is 6. The van der Waals surface area contributed by atoms with Gasteiger partial charge in [-0.1, -0.05) is 15.9 Å². The number of halogens is 2. The molecule has 2 aromatic rings. The summed E-state index contributed by atoms with van der Waals surface area (Å²) in [5, 5.41) is 13.4. The number of nitrogens with one attached hydrogen (secondary N) is 1. The summed E-state index contributed by atoms with van der Waals surface area (Å²) >= 11 is 3.11. The van der Waals surface area contributed by atoms with Crippen molar-refractivity contribution < 1.29 is 23.6 Å². The molecular formula is C19H17BrFN3O5. The van der Waals surface area contributed by atoms with Crippen molar-refractivity contribution in [3.8, 4) is 0 Å². The molecule has 1 amide bonds. The lowest BCUT2D eigenvalue weighted by Crippen LogP contribution is -2.24. The van der Waals surface area contributed by atoms with Crippen molar-refractivity contribution in [3.05, 3.63) is 62.4 Å². The first kappa shape index (κ1) is 20.7. The Labute approximate surface area is 173 Å². The van der Waals surface area contributed by atoms with E-state index in [4.69, 9.17) is 4.74 Å². The van der Waals surface area contributed by atoms with Gasteiger partial charge in [0.15, 0.2) is 6.61 Å². The van der Waals surface area contributed by atoms with Gasteiger partial charge >= 0.3 is 5.97 Å². The van der Waals surface area contributed by atoms with E-state index in [-0.39, 0.29) is 16.9 Å². The van der Waals surface area contributed by atoms with E-state index in [0.717, 1.165) is 32.0 Å². The van der Waals surface area contributed by atoms with Crippen LogP contribution in [0.2, 0.25) is 0 Å². The number of nitrogens with zero attached hydrogens (tertiary/aromatic N) is 2. The summed E-state index contributed by atoms with van der Waals surface area (Å²) in [6.07, 6.45) is 1.90. The van der Waals surface area contributed by atoms with Crippen molar-refractivity contribution in [2.45, 2.75) is 12.8 Å². The first-order chi connectivity index (χ1) is 13.8. The molecule has 3 rings (SSSR count). The summed E-state index contributed by atoms with van der Waals surface area (Å²) in [6.45, 7) is 0.791. The van der Waals surface area contributed by atoms with Gasteiger partial charge in [0, 0.05) is 29.7 Å². The topological polar surface area (TPSA) is 102 Å². The lowest BCUT2D eigenvalue weighted by atomic mass is 10.1. The molecule has 0 atom stereocenters. The van der Waals surface area contributed by atoms with E-state index in [1.807, 2.05) is 4.90 Å². The van der Waals surface area contributed by atoms with Crippen LogP contribution in [0.25, 0.3) is 0 Å². The van der Waals surface area contributed by atoms with Gasteiger partial charge in [-0.15, -0.1) is 0 Å². The van der Waals surface area contributed by atoms with Crippen LogP contribution in [0.5, 0.6) is 0 Å². The fourth-order valence-corrected chi connectivity index (χ4v) is 3.35. The SMILES string of the molecule is O=C(COC(=O)c1cc([N+](=O)[O-])ccc1N1CCCC1)Nc1ccc(Br)cc1F. The summed E-state index contributed by atoms with van der Waals surface area (Å²) in [4.78, 5) is 37.0. The maximum atomic E-state index is 13.8. The molecule has 2 aromatic carbocycles. The normalized spacial score (nSPS) is 13.2. The fraction of sp³-hybridized carbons (Fsp3) is 0.263. The van der Waals surface area contributed by atoms with Crippen LogP contribution >= 0.6 is 15.9 Å². The Morgan fingerprint density at radius 2 is 1.93 bits per heavy atom. The standard InChI is InChI=1S/C19H17BrFN3O5/c20-12-3-5-16(15(21)9-12)22-18(25)11-29-19(26)14-10-13(24(27)28)4-6-17(14)23-7-1-2-8-23/h3-6,9-10H,1-2,7-8,11H2,(H,22,25). The van der Waals surface area contributed by atoms with Crippen LogP contribution in [0.1, 0.15) is 23.2 Å². The van der Waals surface area contributed by atoms with Crippen molar-refractivity contribution in [1.29, 1.82) is 0 Å². The van der Waals surface area contributed by atoms with E-state index in [9.17, 15) is 24.1 Å². The number of nitro groups is 1. The molecule has 1 saturated heterocycles. The molecule has 1 aliphatic heterocycles. The average Bonchev–Trinajstić information content (AvgIpc) is 3.22. The van der Waals surface area contributed by atoms with Gasteiger partial charge in [-0.2, -0.15) is 0 Å². The molecule has 0 spiro atoms. The van der Waals surface area contributed by atoms with Crippen molar-refractivity contribution >= 4 is 44.9 Å². The maximum Gasteiger partial charge on any atom is 0.341 e. The minimum absolute atomic E-state index is 0.0173. The number of anilines is 2. The second kappa shape index (κ2) is 8.99. The molecule has 0 bridgehead atoms. The summed E-state index contributed by atoms with van der Waals surface area (Å²) in [7, 11) is 0. The van der Waals surface area contributed by atoms with Crippen molar-refractivity contribution in [2.24, 2.45) is 0 Å². The molecule has 0 radical (unpaired) electrons. The van der Waals surface area contributed by atoms with Crippen molar-refractivity contribution in [1.82, 2.24) is 0 Å². The summed E-state index contributed by atoms with van der Waals surface area (Å²) in [5.41, 5.74) is 0.241. The van der Waals surface area contributed by atoms with Gasteiger partial charge in [-0.25, -0.2) is 9.18 Å². The molecular weight excluding hydrogens is 449 g/mol. The number of ether oxygens (including phenoxy) is 1. The lowest BCUT2D eigenvalue weighted by Gasteiger charge is -2.20. The van der Waals surface area contributed by atoms with E-state index in [1.54, 1.807) is 6.07 Å². The first-order valence-corrected chi connectivity index (χ1v) is 9.60. The van der Waals surface area contributed by atoms with Crippen LogP contribution in [-0.4, -0.2) is 36.5 Å². The zero-order chi connectivity index (χ0) is 21.0. The summed E-state index contributed by atoms with van der Waals surface area (Å²) < 4.78 is 19.3. The largest absolute Gasteiger partial charge is 0.452 e. The summed E-state index contributed by atoms with van der Waals surface area (Å²) in [5.74, 6) is -2.23. The van der Waals surface area contributed by atoms with Gasteiger partial charge in [0.25, 0.3) is 11.6 Å². The van der Waals surface area contributed by atoms with Gasteiger partial charge in [-0.3, -0.25) is 14.9 Å². The Balaban J connectivity index is 1.71. The zero-order valence-corrected chi connectivity index (χ0v) is 16.8. The molecule has 1 N–H and O–H groups in total. The second-order valence-electron chi connectivity index (χ2n) is 6.40. The van der Waals surface area contributed by atoms with Gasteiger partial charge in [0.1, 0.15) is 5.82 Å². The van der Waals surface area contributed by atoms with E-state index in [0.29, 0.717) is 10.2 Å². The number of nitro benzene ring substituents is 1. The highest BCUT2D eigenvalue weighted by Gasteiger charge is 2.24. The molecule has 1 heterocycles. The quantitative estimate of drug-likeness (QED) is 0.394. The highest BCUT2D eigenvalue weighted by molar-refractivity contribution is 9.10. The minimum atomic E-state index is -0.859. The summed E-state index contributed by atoms with van der Waals surface area (Å²) in [6, 6.07) is 8.08. The molecule has 1 aliphatic rings. The van der Waals surface area contributed by atoms with Crippen LogP contribution in [0.4, 0.5) is 21.5 Å². The first-order valence-electron chi connectivity index (χ1n) is 8.80. The van der Waals surface area contributed by atoms with Crippen LogP contribution in [0.3, 0.4) is 0 Å². The van der Waals surface area contributed by atoms with Gasteiger partial charge < -0.3 is 15.0 Å². The number of amides is 1. The Morgan fingerprint density at radius 1 is 1.21 bits per heavy atom. The molecule has 0 unspecified atom stereocenters. The van der Waals surface area contributed by atoms with E-state index >= 15 is 0 Å². The molecule has 10 heteroatoms. The zero-order valence-electron chi connectivity index (χ0n) is 15.2. The van der Waals surface area contributed by atoms with Gasteiger partial charge in [0.05, 0.1) is 21.9 Å². The van der Waals surface area contributed by atoms with E-state index in [1.165, 1.54) is 24.3 Å². The molecule has 29 heavy (non-hydrogen) atoms. The number of esters is 1. The monoisotopic (exact) mass is 465 g/mol. The molecule has 0 aliphatic carbocycles. The van der Waals surface area contributed by atoms with Crippen LogP contribution in [0.15, 0.2) is 40.9 Å². The van der Waals surface area contributed by atoms with Crippen molar-refractivity contribution in [2.75, 3.05) is 29.9 Å². The Bertz CT molecular complexity index is 963. The molecule has 0 aromatic heterocycles. The predicted molar refractivity (Wildman–Crippen MR) is 108 cm³/mol. The second-order valence-corrected chi connectivity index (χ2v) is 7.32. The number of benzene rings is 2. The molecule has 1 fully saturated rings. The molecule has 152 valence electrons. The number of hydrogen-bond acceptors (Lipinski definition) is 6. The van der Waals surface area contributed by atoms with Crippen LogP contribution in [-0.2, 0) is 9.53 Å². The van der Waals surface area contributed by atoms with Crippen molar-refractivity contribution in [3.63, 3.8) is 0 Å². The van der Waals surface area contributed by atoms with Gasteiger partial charge in [0.2, 0.25) is 0 Å². The van der Waals surface area contributed by atoms with E-state index < -0.39 is 29.2 Å². The molecule has 8 nitrogen and oxygen atoms in total. The third-order valence-electron chi connectivity index (χ3n) is 4.40. The average molecular weight is 466 g/mol.